The number of hydrogen-bond acceptors (Lipinski definition) is 6. The fourth-order valence-electron chi connectivity index (χ4n) is 2.82. The fourth-order valence-corrected chi connectivity index (χ4v) is 2.82. The number of carboxylic acids is 1. The van der Waals surface area contributed by atoms with E-state index in [1.54, 1.807) is 12.1 Å². The Balaban J connectivity index is 1.54. The second kappa shape index (κ2) is 9.05. The highest BCUT2D eigenvalue weighted by Crippen LogP contribution is 2.28. The lowest BCUT2D eigenvalue weighted by Crippen LogP contribution is -2.36. The molecule has 0 aliphatic carbocycles. The topological polar surface area (TPSA) is 88.1 Å². The van der Waals surface area contributed by atoms with Gasteiger partial charge in [-0.3, -0.25) is 4.79 Å². The number of para-hydroxylation sites is 2. The van der Waals surface area contributed by atoms with Crippen LogP contribution in [0.25, 0.3) is 0 Å². The molecule has 0 spiro atoms. The van der Waals surface area contributed by atoms with Crippen LogP contribution in [-0.2, 0) is 9.53 Å². The van der Waals surface area contributed by atoms with Gasteiger partial charge in [0.15, 0.2) is 5.78 Å². The van der Waals surface area contributed by atoms with E-state index in [9.17, 15) is 9.59 Å². The van der Waals surface area contributed by atoms with E-state index in [0.29, 0.717) is 24.7 Å². The molecule has 27 heavy (non-hydrogen) atoms. The molecular formula is C20H22N2O5. The second-order valence-corrected chi connectivity index (χ2v) is 6.13. The van der Waals surface area contributed by atoms with Crippen LogP contribution >= 0.6 is 0 Å². The van der Waals surface area contributed by atoms with Crippen molar-refractivity contribution in [2.24, 2.45) is 0 Å². The van der Waals surface area contributed by atoms with E-state index >= 15 is 0 Å². The smallest absolute Gasteiger partial charge is 0.335 e. The number of rotatable bonds is 8. The maximum absolute atomic E-state index is 12.2. The quantitative estimate of drug-likeness (QED) is 0.737. The Hall–Kier alpha value is -3.06. The van der Waals surface area contributed by atoms with Gasteiger partial charge in [0.2, 0.25) is 0 Å². The number of benzene rings is 2. The summed E-state index contributed by atoms with van der Waals surface area (Å²) >= 11 is 0. The highest BCUT2D eigenvalue weighted by atomic mass is 16.5. The number of anilines is 2. The fraction of sp³-hybridized carbons (Fsp3) is 0.300. The summed E-state index contributed by atoms with van der Waals surface area (Å²) in [7, 11) is 0. The van der Waals surface area contributed by atoms with Gasteiger partial charge >= 0.3 is 5.97 Å². The van der Waals surface area contributed by atoms with Crippen LogP contribution in [0.3, 0.4) is 0 Å². The Morgan fingerprint density at radius 1 is 1.11 bits per heavy atom. The second-order valence-electron chi connectivity index (χ2n) is 6.13. The predicted octanol–water partition coefficient (Wildman–Crippen LogP) is 2.28. The summed E-state index contributed by atoms with van der Waals surface area (Å²) in [6.07, 6.45) is 0. The summed E-state index contributed by atoms with van der Waals surface area (Å²) in [6, 6.07) is 14.0. The van der Waals surface area contributed by atoms with Gasteiger partial charge < -0.3 is 24.8 Å². The number of nitrogens with one attached hydrogen (secondary N) is 1. The molecule has 2 aromatic carbocycles. The Bertz CT molecular complexity index is 802. The molecule has 0 saturated carbocycles. The van der Waals surface area contributed by atoms with E-state index in [1.165, 1.54) is 12.1 Å². The molecule has 7 heteroatoms. The minimum atomic E-state index is -1.01. The Labute approximate surface area is 157 Å². The molecule has 1 saturated heterocycles. The number of hydrogen-bond donors (Lipinski definition) is 2. The first-order chi connectivity index (χ1) is 13.1. The van der Waals surface area contributed by atoms with Crippen LogP contribution in [0.1, 0.15) is 10.4 Å². The van der Waals surface area contributed by atoms with Crippen LogP contribution in [0.15, 0.2) is 48.5 Å². The number of carboxylic acid groups (broad SMARTS) is 1. The lowest BCUT2D eigenvalue weighted by Gasteiger charge is -2.30. The van der Waals surface area contributed by atoms with Crippen LogP contribution in [0.5, 0.6) is 5.75 Å². The standard InChI is InChI=1S/C20H22N2O5/c23-17(13-21-16-5-3-4-15(12-16)20(24)25)14-27-19-7-2-1-6-18(19)22-8-10-26-11-9-22/h1-7,12,21H,8-11,13-14H2,(H,24,25). The van der Waals surface area contributed by atoms with Crippen LogP contribution in [-0.4, -0.2) is 56.3 Å². The highest BCUT2D eigenvalue weighted by molar-refractivity contribution is 5.89. The molecule has 2 aromatic rings. The zero-order chi connectivity index (χ0) is 19.1. The third kappa shape index (κ3) is 5.21. The maximum Gasteiger partial charge on any atom is 0.335 e. The molecule has 1 aliphatic rings. The van der Waals surface area contributed by atoms with E-state index in [-0.39, 0.29) is 24.5 Å². The first-order valence-electron chi connectivity index (χ1n) is 8.77. The number of nitrogens with zero attached hydrogens (tertiary/aromatic N) is 1. The largest absolute Gasteiger partial charge is 0.484 e. The van der Waals surface area contributed by atoms with Gasteiger partial charge in [0.25, 0.3) is 0 Å². The number of carbonyl (C=O) groups excluding carboxylic acids is 1. The number of ether oxygens (including phenoxy) is 2. The number of carbonyl (C=O) groups is 2. The summed E-state index contributed by atoms with van der Waals surface area (Å²) in [4.78, 5) is 25.3. The van der Waals surface area contributed by atoms with E-state index in [1.807, 2.05) is 24.3 Å². The molecule has 7 nitrogen and oxygen atoms in total. The first kappa shape index (κ1) is 18.7. The minimum absolute atomic E-state index is 0.0583. The van der Waals surface area contributed by atoms with Gasteiger partial charge in [-0.15, -0.1) is 0 Å². The number of morpholine rings is 1. The van der Waals surface area contributed by atoms with Gasteiger partial charge in [-0.05, 0) is 30.3 Å². The summed E-state index contributed by atoms with van der Waals surface area (Å²) in [5, 5.41) is 11.9. The van der Waals surface area contributed by atoms with Gasteiger partial charge in [0.1, 0.15) is 12.4 Å². The van der Waals surface area contributed by atoms with Crippen LogP contribution < -0.4 is 15.0 Å². The van der Waals surface area contributed by atoms with Crippen molar-refractivity contribution in [3.8, 4) is 5.75 Å². The molecule has 0 unspecified atom stereocenters. The van der Waals surface area contributed by atoms with Crippen LogP contribution in [0.2, 0.25) is 0 Å². The van der Waals surface area contributed by atoms with Gasteiger partial charge in [-0.25, -0.2) is 4.79 Å². The molecule has 0 bridgehead atoms. The zero-order valence-electron chi connectivity index (χ0n) is 14.9. The SMILES string of the molecule is O=C(CNc1cccc(C(=O)O)c1)COc1ccccc1N1CCOCC1. The van der Waals surface area contributed by atoms with Crippen molar-refractivity contribution in [3.63, 3.8) is 0 Å². The number of aromatic carboxylic acids is 1. The van der Waals surface area contributed by atoms with Crippen LogP contribution in [0.4, 0.5) is 11.4 Å². The van der Waals surface area contributed by atoms with Crippen molar-refractivity contribution in [2.75, 3.05) is 49.7 Å². The molecular weight excluding hydrogens is 348 g/mol. The zero-order valence-corrected chi connectivity index (χ0v) is 14.9. The Morgan fingerprint density at radius 3 is 2.67 bits per heavy atom. The molecule has 0 atom stereocenters. The first-order valence-corrected chi connectivity index (χ1v) is 8.77. The summed E-state index contributed by atoms with van der Waals surface area (Å²) in [5.41, 5.74) is 1.70. The summed E-state index contributed by atoms with van der Waals surface area (Å²) in [6.45, 7) is 2.92. The van der Waals surface area contributed by atoms with E-state index in [0.717, 1.165) is 18.8 Å². The van der Waals surface area contributed by atoms with Crippen molar-refractivity contribution in [1.29, 1.82) is 0 Å². The number of Topliss-reactive ketones (excluding diaryl/α,β-unsaturated/α-hetero) is 1. The third-order valence-electron chi connectivity index (χ3n) is 4.20. The van der Waals surface area contributed by atoms with Crippen molar-refractivity contribution in [2.45, 2.75) is 0 Å². The molecule has 1 aliphatic heterocycles. The van der Waals surface area contributed by atoms with Crippen LogP contribution in [0, 0.1) is 0 Å². The van der Waals surface area contributed by atoms with Gasteiger partial charge in [0, 0.05) is 18.8 Å². The summed E-state index contributed by atoms with van der Waals surface area (Å²) < 4.78 is 11.1. The Morgan fingerprint density at radius 2 is 1.89 bits per heavy atom. The normalized spacial score (nSPS) is 13.9. The van der Waals surface area contributed by atoms with E-state index in [4.69, 9.17) is 14.6 Å². The Kier molecular flexibility index (Phi) is 6.27. The average Bonchev–Trinajstić information content (AvgIpc) is 2.72. The number of ketones is 1. The summed E-state index contributed by atoms with van der Waals surface area (Å²) in [5.74, 6) is -0.471. The average molecular weight is 370 g/mol. The van der Waals surface area contributed by atoms with Gasteiger partial charge in [-0.2, -0.15) is 0 Å². The predicted molar refractivity (Wildman–Crippen MR) is 102 cm³/mol. The molecule has 0 amide bonds. The third-order valence-corrected chi connectivity index (χ3v) is 4.20. The lowest BCUT2D eigenvalue weighted by atomic mass is 10.2. The van der Waals surface area contributed by atoms with Crippen molar-refractivity contribution >= 4 is 23.1 Å². The molecule has 1 heterocycles. The molecule has 0 radical (unpaired) electrons. The van der Waals surface area contributed by atoms with Crippen molar-refractivity contribution in [1.82, 2.24) is 0 Å². The van der Waals surface area contributed by atoms with E-state index in [2.05, 4.69) is 10.2 Å². The van der Waals surface area contributed by atoms with Gasteiger partial charge in [0.05, 0.1) is 31.0 Å². The maximum atomic E-state index is 12.2. The molecule has 3 rings (SSSR count). The van der Waals surface area contributed by atoms with Crippen molar-refractivity contribution in [3.05, 3.63) is 54.1 Å². The lowest BCUT2D eigenvalue weighted by molar-refractivity contribution is -0.119. The molecule has 1 fully saturated rings. The van der Waals surface area contributed by atoms with E-state index < -0.39 is 5.97 Å². The molecule has 142 valence electrons. The van der Waals surface area contributed by atoms with Crippen molar-refractivity contribution < 1.29 is 24.2 Å². The monoisotopic (exact) mass is 370 g/mol. The highest BCUT2D eigenvalue weighted by Gasteiger charge is 2.16. The molecule has 2 N–H and O–H groups in total. The molecule has 0 aromatic heterocycles. The minimum Gasteiger partial charge on any atom is -0.484 e. The van der Waals surface area contributed by atoms with Gasteiger partial charge in [-0.1, -0.05) is 18.2 Å².